The van der Waals surface area contributed by atoms with Crippen molar-refractivity contribution in [3.8, 4) is 0 Å². The summed E-state index contributed by atoms with van der Waals surface area (Å²) in [5, 5.41) is 0. The Labute approximate surface area is 155 Å². The Morgan fingerprint density at radius 2 is 1.88 bits per heavy atom. The second-order valence-corrected chi connectivity index (χ2v) is 8.71. The minimum Gasteiger partial charge on any atom is -0.469 e. The van der Waals surface area contributed by atoms with Crippen LogP contribution in [-0.4, -0.2) is 42.7 Å². The van der Waals surface area contributed by atoms with Gasteiger partial charge in [-0.25, -0.2) is 0 Å². The maximum atomic E-state index is 12.5. The van der Waals surface area contributed by atoms with Crippen LogP contribution in [0.15, 0.2) is 23.1 Å². The van der Waals surface area contributed by atoms with E-state index < -0.39 is 0 Å². The minimum absolute atomic E-state index is 0.0626. The monoisotopic (exact) mass is 363 g/mol. The third-order valence-corrected chi connectivity index (χ3v) is 5.93. The highest BCUT2D eigenvalue weighted by Gasteiger charge is 2.27. The van der Waals surface area contributed by atoms with Crippen molar-refractivity contribution in [3.05, 3.63) is 29.3 Å². The zero-order valence-electron chi connectivity index (χ0n) is 15.9. The number of piperidine rings is 1. The second kappa shape index (κ2) is 8.26. The van der Waals surface area contributed by atoms with Crippen molar-refractivity contribution in [1.29, 1.82) is 0 Å². The third kappa shape index (κ3) is 5.24. The van der Waals surface area contributed by atoms with Gasteiger partial charge in [-0.15, -0.1) is 11.8 Å². The predicted octanol–water partition coefficient (Wildman–Crippen LogP) is 3.80. The van der Waals surface area contributed by atoms with Gasteiger partial charge in [-0.3, -0.25) is 9.59 Å². The topological polar surface area (TPSA) is 46.6 Å². The molecule has 0 saturated carbocycles. The zero-order chi connectivity index (χ0) is 18.6. The van der Waals surface area contributed by atoms with Gasteiger partial charge in [0.15, 0.2) is 0 Å². The average Bonchev–Trinajstić information content (AvgIpc) is 2.59. The molecule has 1 aromatic rings. The number of esters is 1. The van der Waals surface area contributed by atoms with E-state index in [-0.39, 0.29) is 23.2 Å². The van der Waals surface area contributed by atoms with Gasteiger partial charge in [0.2, 0.25) is 5.91 Å². The third-order valence-electron chi connectivity index (χ3n) is 4.79. The Morgan fingerprint density at radius 3 is 2.44 bits per heavy atom. The quantitative estimate of drug-likeness (QED) is 0.603. The van der Waals surface area contributed by atoms with E-state index in [1.165, 1.54) is 23.1 Å². The van der Waals surface area contributed by atoms with Gasteiger partial charge in [-0.05, 0) is 42.4 Å². The maximum absolute atomic E-state index is 12.5. The Balaban J connectivity index is 1.92. The van der Waals surface area contributed by atoms with E-state index in [4.69, 9.17) is 4.74 Å². The van der Waals surface area contributed by atoms with Crippen LogP contribution in [0.2, 0.25) is 0 Å². The highest BCUT2D eigenvalue weighted by Crippen LogP contribution is 2.30. The van der Waals surface area contributed by atoms with Crippen LogP contribution in [0.3, 0.4) is 0 Å². The molecule has 0 spiro atoms. The number of hydrogen-bond donors (Lipinski definition) is 0. The lowest BCUT2D eigenvalue weighted by atomic mass is 9.87. The lowest BCUT2D eigenvalue weighted by Gasteiger charge is -2.30. The SMILES string of the molecule is COC(=O)C1CCN(C(=O)CSc2cc(C(C)(C)C)ccc2C)CC1. The van der Waals surface area contributed by atoms with Crippen molar-refractivity contribution in [3.63, 3.8) is 0 Å². The van der Waals surface area contributed by atoms with E-state index in [9.17, 15) is 9.59 Å². The summed E-state index contributed by atoms with van der Waals surface area (Å²) in [4.78, 5) is 27.1. The zero-order valence-corrected chi connectivity index (χ0v) is 16.7. The number of aryl methyl sites for hydroxylation is 1. The van der Waals surface area contributed by atoms with Crippen molar-refractivity contribution >= 4 is 23.6 Å². The normalized spacial score (nSPS) is 16.0. The first-order valence-electron chi connectivity index (χ1n) is 8.82. The molecule has 0 atom stereocenters. The van der Waals surface area contributed by atoms with Gasteiger partial charge in [-0.1, -0.05) is 32.9 Å². The molecule has 1 amide bonds. The van der Waals surface area contributed by atoms with Crippen molar-refractivity contribution in [2.75, 3.05) is 26.0 Å². The number of carbonyl (C=O) groups excluding carboxylic acids is 2. The molecule has 0 unspecified atom stereocenters. The minimum atomic E-state index is -0.156. The summed E-state index contributed by atoms with van der Waals surface area (Å²) in [6.45, 7) is 9.95. The van der Waals surface area contributed by atoms with Gasteiger partial charge >= 0.3 is 5.97 Å². The summed E-state index contributed by atoms with van der Waals surface area (Å²) in [7, 11) is 1.42. The highest BCUT2D eigenvalue weighted by atomic mass is 32.2. The number of nitrogens with zero attached hydrogens (tertiary/aromatic N) is 1. The van der Waals surface area contributed by atoms with Crippen LogP contribution < -0.4 is 0 Å². The molecule has 0 aromatic heterocycles. The average molecular weight is 364 g/mol. The van der Waals surface area contributed by atoms with Gasteiger partial charge in [0.1, 0.15) is 0 Å². The van der Waals surface area contributed by atoms with Crippen molar-refractivity contribution < 1.29 is 14.3 Å². The van der Waals surface area contributed by atoms with Crippen LogP contribution >= 0.6 is 11.8 Å². The summed E-state index contributed by atoms with van der Waals surface area (Å²) >= 11 is 1.61. The largest absolute Gasteiger partial charge is 0.469 e. The molecule has 1 heterocycles. The summed E-state index contributed by atoms with van der Waals surface area (Å²) in [6, 6.07) is 6.50. The Hall–Kier alpha value is -1.49. The number of methoxy groups -OCH3 is 1. The standard InChI is InChI=1S/C20H29NO3S/c1-14-6-7-16(20(2,3)4)12-17(14)25-13-18(22)21-10-8-15(9-11-21)19(23)24-5/h6-7,12,15H,8-11,13H2,1-5H3. The molecule has 0 bridgehead atoms. The molecule has 1 fully saturated rings. The van der Waals surface area contributed by atoms with Gasteiger partial charge in [0, 0.05) is 18.0 Å². The second-order valence-electron chi connectivity index (χ2n) is 7.70. The number of benzene rings is 1. The Morgan fingerprint density at radius 1 is 1.24 bits per heavy atom. The van der Waals surface area contributed by atoms with Crippen LogP contribution in [0.5, 0.6) is 0 Å². The van der Waals surface area contributed by atoms with Crippen molar-refractivity contribution in [2.45, 2.75) is 50.8 Å². The highest BCUT2D eigenvalue weighted by molar-refractivity contribution is 8.00. The van der Waals surface area contributed by atoms with Gasteiger partial charge in [0.05, 0.1) is 18.8 Å². The molecular formula is C20H29NO3S. The first-order valence-corrected chi connectivity index (χ1v) is 9.80. The fourth-order valence-electron chi connectivity index (χ4n) is 2.98. The van der Waals surface area contributed by atoms with Crippen LogP contribution in [0, 0.1) is 12.8 Å². The van der Waals surface area contributed by atoms with Crippen molar-refractivity contribution in [2.24, 2.45) is 5.92 Å². The number of ether oxygens (including phenoxy) is 1. The van der Waals surface area contributed by atoms with E-state index in [1.807, 2.05) is 4.90 Å². The Bertz CT molecular complexity index is 628. The smallest absolute Gasteiger partial charge is 0.308 e. The van der Waals surface area contributed by atoms with Gasteiger partial charge in [0.25, 0.3) is 0 Å². The van der Waals surface area contributed by atoms with E-state index in [2.05, 4.69) is 45.9 Å². The molecule has 0 aliphatic carbocycles. The molecule has 138 valence electrons. The summed E-state index contributed by atoms with van der Waals surface area (Å²) in [5.41, 5.74) is 2.59. The lowest BCUT2D eigenvalue weighted by molar-refractivity contribution is -0.148. The Kier molecular flexibility index (Phi) is 6.55. The number of carbonyl (C=O) groups is 2. The first kappa shape index (κ1) is 19.8. The molecule has 5 heteroatoms. The van der Waals surface area contributed by atoms with E-state index in [0.717, 1.165) is 0 Å². The molecular weight excluding hydrogens is 334 g/mol. The predicted molar refractivity (Wildman–Crippen MR) is 102 cm³/mol. The first-order chi connectivity index (χ1) is 11.7. The molecule has 1 saturated heterocycles. The summed E-state index contributed by atoms with van der Waals surface area (Å²) in [5.74, 6) is 0.370. The summed E-state index contributed by atoms with van der Waals surface area (Å²) in [6.07, 6.45) is 1.39. The molecule has 1 aliphatic rings. The van der Waals surface area contributed by atoms with Crippen LogP contribution in [0.25, 0.3) is 0 Å². The number of hydrogen-bond acceptors (Lipinski definition) is 4. The molecule has 0 N–H and O–H groups in total. The van der Waals surface area contributed by atoms with Gasteiger partial charge in [-0.2, -0.15) is 0 Å². The number of rotatable bonds is 4. The van der Waals surface area contributed by atoms with Gasteiger partial charge < -0.3 is 9.64 Å². The van der Waals surface area contributed by atoms with Crippen LogP contribution in [0.4, 0.5) is 0 Å². The molecule has 4 nitrogen and oxygen atoms in total. The lowest BCUT2D eigenvalue weighted by Crippen LogP contribution is -2.41. The molecule has 0 radical (unpaired) electrons. The summed E-state index contributed by atoms with van der Waals surface area (Å²) < 4.78 is 4.80. The number of likely N-dealkylation sites (tertiary alicyclic amines) is 1. The van der Waals surface area contributed by atoms with Crippen molar-refractivity contribution in [1.82, 2.24) is 4.90 Å². The van der Waals surface area contributed by atoms with Crippen LogP contribution in [0.1, 0.15) is 44.7 Å². The molecule has 2 rings (SSSR count). The molecule has 25 heavy (non-hydrogen) atoms. The fraction of sp³-hybridized carbons (Fsp3) is 0.600. The van der Waals surface area contributed by atoms with E-state index in [0.29, 0.717) is 31.7 Å². The van der Waals surface area contributed by atoms with Crippen LogP contribution in [-0.2, 0) is 19.7 Å². The van der Waals surface area contributed by atoms with E-state index in [1.54, 1.807) is 11.8 Å². The number of thioether (sulfide) groups is 1. The molecule has 1 aliphatic heterocycles. The number of amides is 1. The van der Waals surface area contributed by atoms with E-state index >= 15 is 0 Å². The fourth-order valence-corrected chi connectivity index (χ4v) is 3.95. The molecule has 1 aromatic carbocycles. The maximum Gasteiger partial charge on any atom is 0.308 e.